The van der Waals surface area contributed by atoms with Crippen LogP contribution in [0.25, 0.3) is 0 Å². The summed E-state index contributed by atoms with van der Waals surface area (Å²) in [6.45, 7) is 7.44. The second-order valence-electron chi connectivity index (χ2n) is 4.50. The van der Waals surface area contributed by atoms with Gasteiger partial charge in [-0.2, -0.15) is 0 Å². The minimum absolute atomic E-state index is 0.206. The molecule has 0 amide bonds. The van der Waals surface area contributed by atoms with Gasteiger partial charge in [0.15, 0.2) is 11.5 Å². The highest BCUT2D eigenvalue weighted by molar-refractivity contribution is 6.32. The van der Waals surface area contributed by atoms with Crippen LogP contribution >= 0.6 is 11.6 Å². The Morgan fingerprint density at radius 2 is 2.16 bits per heavy atom. The van der Waals surface area contributed by atoms with Crippen LogP contribution in [0.2, 0.25) is 5.02 Å². The molecule has 5 heteroatoms. The Hall–Kier alpha value is -0.970. The lowest BCUT2D eigenvalue weighted by Gasteiger charge is -2.20. The zero-order valence-corrected chi connectivity index (χ0v) is 12.1. The van der Waals surface area contributed by atoms with Gasteiger partial charge in [-0.1, -0.05) is 11.6 Å². The van der Waals surface area contributed by atoms with E-state index in [2.05, 4.69) is 5.32 Å². The molecule has 0 radical (unpaired) electrons. The maximum absolute atomic E-state index is 6.18. The fraction of sp³-hybridized carbons (Fsp3) is 0.571. The molecule has 106 valence electrons. The Morgan fingerprint density at radius 1 is 1.37 bits per heavy atom. The normalized spacial score (nSPS) is 15.3. The van der Waals surface area contributed by atoms with Crippen LogP contribution in [-0.2, 0) is 11.3 Å². The van der Waals surface area contributed by atoms with Crippen LogP contribution in [0.5, 0.6) is 11.5 Å². The zero-order valence-electron chi connectivity index (χ0n) is 11.4. The minimum atomic E-state index is 0.206. The molecule has 0 aromatic heterocycles. The Kier molecular flexibility index (Phi) is 5.31. The van der Waals surface area contributed by atoms with E-state index in [1.54, 1.807) is 0 Å². The number of nitrogens with one attached hydrogen (secondary N) is 1. The first-order valence-electron chi connectivity index (χ1n) is 6.61. The van der Waals surface area contributed by atoms with Crippen LogP contribution in [0.15, 0.2) is 12.1 Å². The van der Waals surface area contributed by atoms with Gasteiger partial charge in [0.25, 0.3) is 0 Å². The van der Waals surface area contributed by atoms with Crippen molar-refractivity contribution in [2.45, 2.75) is 26.5 Å². The molecule has 1 N–H and O–H groups in total. The van der Waals surface area contributed by atoms with Crippen molar-refractivity contribution < 1.29 is 14.2 Å². The molecule has 0 fully saturated rings. The molecular weight excluding hydrogens is 266 g/mol. The fourth-order valence-corrected chi connectivity index (χ4v) is 2.32. The molecule has 0 bridgehead atoms. The summed E-state index contributed by atoms with van der Waals surface area (Å²) < 4.78 is 16.5. The van der Waals surface area contributed by atoms with Crippen LogP contribution in [0.1, 0.15) is 19.4 Å². The maximum atomic E-state index is 6.18. The Balaban J connectivity index is 1.92. The van der Waals surface area contributed by atoms with Gasteiger partial charge in [0, 0.05) is 19.7 Å². The van der Waals surface area contributed by atoms with Gasteiger partial charge in [0.1, 0.15) is 13.2 Å². The van der Waals surface area contributed by atoms with Crippen molar-refractivity contribution >= 4 is 11.6 Å². The topological polar surface area (TPSA) is 39.7 Å². The average Bonchev–Trinajstić information content (AvgIpc) is 2.39. The molecule has 0 saturated carbocycles. The van der Waals surface area contributed by atoms with Gasteiger partial charge in [0.2, 0.25) is 0 Å². The standard InChI is InChI=1S/C14H20ClNO3/c1-3-17-10(2)8-16-9-11-6-12(15)14-13(7-11)18-4-5-19-14/h6-7,10,16H,3-5,8-9H2,1-2H3. The zero-order chi connectivity index (χ0) is 13.7. The number of ether oxygens (including phenoxy) is 3. The lowest BCUT2D eigenvalue weighted by Crippen LogP contribution is -2.26. The van der Waals surface area contributed by atoms with E-state index in [0.717, 1.165) is 31.0 Å². The van der Waals surface area contributed by atoms with Crippen LogP contribution in [0, 0.1) is 0 Å². The SMILES string of the molecule is CCOC(C)CNCc1cc(Cl)c2c(c1)OCCO2. The highest BCUT2D eigenvalue weighted by atomic mass is 35.5. The highest BCUT2D eigenvalue weighted by Crippen LogP contribution is 2.38. The van der Waals surface area contributed by atoms with E-state index in [9.17, 15) is 0 Å². The maximum Gasteiger partial charge on any atom is 0.179 e. The van der Waals surface area contributed by atoms with E-state index >= 15 is 0 Å². The third-order valence-electron chi connectivity index (χ3n) is 2.87. The number of hydrogen-bond donors (Lipinski definition) is 1. The molecule has 1 aliphatic heterocycles. The van der Waals surface area contributed by atoms with Crippen LogP contribution in [0.3, 0.4) is 0 Å². The summed E-state index contributed by atoms with van der Waals surface area (Å²) in [5.41, 5.74) is 1.08. The molecule has 1 heterocycles. The molecule has 0 saturated heterocycles. The van der Waals surface area contributed by atoms with Crippen molar-refractivity contribution in [2.24, 2.45) is 0 Å². The molecule has 1 aromatic carbocycles. The predicted molar refractivity (Wildman–Crippen MR) is 75.2 cm³/mol. The van der Waals surface area contributed by atoms with E-state index in [1.807, 2.05) is 26.0 Å². The molecular formula is C14H20ClNO3. The Labute approximate surface area is 119 Å². The third-order valence-corrected chi connectivity index (χ3v) is 3.15. The summed E-state index contributed by atoms with van der Waals surface area (Å²) in [7, 11) is 0. The Morgan fingerprint density at radius 3 is 2.95 bits per heavy atom. The molecule has 1 aliphatic rings. The molecule has 0 aliphatic carbocycles. The van der Waals surface area contributed by atoms with Gasteiger partial charge >= 0.3 is 0 Å². The number of halogens is 1. The van der Waals surface area contributed by atoms with E-state index in [-0.39, 0.29) is 6.10 Å². The summed E-state index contributed by atoms with van der Waals surface area (Å²) >= 11 is 6.18. The number of hydrogen-bond acceptors (Lipinski definition) is 4. The summed E-state index contributed by atoms with van der Waals surface area (Å²) in [6.07, 6.45) is 0.206. The average molecular weight is 286 g/mol. The van der Waals surface area contributed by atoms with Gasteiger partial charge in [-0.05, 0) is 31.5 Å². The quantitative estimate of drug-likeness (QED) is 0.872. The third kappa shape index (κ3) is 4.00. The highest BCUT2D eigenvalue weighted by Gasteiger charge is 2.16. The lowest BCUT2D eigenvalue weighted by molar-refractivity contribution is 0.0759. The molecule has 1 atom stereocenters. The van der Waals surface area contributed by atoms with Crippen LogP contribution in [-0.4, -0.2) is 32.5 Å². The molecule has 2 rings (SSSR count). The fourth-order valence-electron chi connectivity index (χ4n) is 2.03. The van der Waals surface area contributed by atoms with Crippen LogP contribution < -0.4 is 14.8 Å². The number of benzene rings is 1. The first-order chi connectivity index (χ1) is 9.20. The molecule has 1 aromatic rings. The number of fused-ring (bicyclic) bond motifs is 1. The van der Waals surface area contributed by atoms with E-state index in [0.29, 0.717) is 24.0 Å². The van der Waals surface area contributed by atoms with Crippen molar-refractivity contribution in [3.63, 3.8) is 0 Å². The summed E-state index contributed by atoms with van der Waals surface area (Å²) in [5.74, 6) is 1.38. The monoisotopic (exact) mass is 285 g/mol. The van der Waals surface area contributed by atoms with Gasteiger partial charge < -0.3 is 19.5 Å². The smallest absolute Gasteiger partial charge is 0.179 e. The van der Waals surface area contributed by atoms with Crippen molar-refractivity contribution in [3.8, 4) is 11.5 Å². The van der Waals surface area contributed by atoms with Gasteiger partial charge in [-0.25, -0.2) is 0 Å². The summed E-state index contributed by atoms with van der Waals surface area (Å²) in [4.78, 5) is 0. The van der Waals surface area contributed by atoms with Crippen molar-refractivity contribution in [3.05, 3.63) is 22.7 Å². The van der Waals surface area contributed by atoms with E-state index in [4.69, 9.17) is 25.8 Å². The molecule has 4 nitrogen and oxygen atoms in total. The number of rotatable bonds is 6. The van der Waals surface area contributed by atoms with E-state index in [1.165, 1.54) is 0 Å². The minimum Gasteiger partial charge on any atom is -0.486 e. The second-order valence-corrected chi connectivity index (χ2v) is 4.91. The largest absolute Gasteiger partial charge is 0.486 e. The lowest BCUT2D eigenvalue weighted by atomic mass is 10.2. The van der Waals surface area contributed by atoms with Crippen LogP contribution in [0.4, 0.5) is 0 Å². The van der Waals surface area contributed by atoms with Gasteiger partial charge in [-0.3, -0.25) is 0 Å². The summed E-state index contributed by atoms with van der Waals surface area (Å²) in [6, 6.07) is 3.88. The van der Waals surface area contributed by atoms with Gasteiger partial charge in [-0.15, -0.1) is 0 Å². The second kappa shape index (κ2) is 6.98. The van der Waals surface area contributed by atoms with Gasteiger partial charge in [0.05, 0.1) is 11.1 Å². The van der Waals surface area contributed by atoms with Crippen molar-refractivity contribution in [1.82, 2.24) is 5.32 Å². The summed E-state index contributed by atoms with van der Waals surface area (Å²) in [5, 5.41) is 3.94. The van der Waals surface area contributed by atoms with Crippen molar-refractivity contribution in [2.75, 3.05) is 26.4 Å². The molecule has 19 heavy (non-hydrogen) atoms. The molecule has 0 spiro atoms. The first-order valence-corrected chi connectivity index (χ1v) is 6.98. The Bertz CT molecular complexity index is 425. The van der Waals surface area contributed by atoms with Crippen molar-refractivity contribution in [1.29, 1.82) is 0 Å². The first kappa shape index (κ1) is 14.4. The predicted octanol–water partition coefficient (Wildman–Crippen LogP) is 2.63. The molecule has 1 unspecified atom stereocenters. The van der Waals surface area contributed by atoms with E-state index < -0.39 is 0 Å².